The Labute approximate surface area is 155 Å². The summed E-state index contributed by atoms with van der Waals surface area (Å²) in [7, 11) is 0. The molecule has 0 radical (unpaired) electrons. The smallest absolute Gasteiger partial charge is 0.157 e. The highest BCUT2D eigenvalue weighted by Gasteiger charge is 2.30. The molecule has 5 heteroatoms. The quantitative estimate of drug-likeness (QED) is 0.766. The number of aromatic hydroxyl groups is 1. The molecular weight excluding hydrogens is 328 g/mol. The van der Waals surface area contributed by atoms with Gasteiger partial charge in [0.1, 0.15) is 11.5 Å². The van der Waals surface area contributed by atoms with Crippen LogP contribution in [0.4, 0.5) is 0 Å². The number of imidazole rings is 1. The number of phenolic OH excluding ortho intramolecular Hbond substituents is 1. The van der Waals surface area contributed by atoms with Gasteiger partial charge >= 0.3 is 0 Å². The van der Waals surface area contributed by atoms with Crippen molar-refractivity contribution in [3.05, 3.63) is 41.5 Å². The summed E-state index contributed by atoms with van der Waals surface area (Å²) >= 11 is 0. The van der Waals surface area contributed by atoms with Gasteiger partial charge in [-0.25, -0.2) is 4.98 Å². The van der Waals surface area contributed by atoms with Crippen LogP contribution < -0.4 is 4.74 Å². The van der Waals surface area contributed by atoms with Gasteiger partial charge < -0.3 is 14.4 Å². The Kier molecular flexibility index (Phi) is 5.64. The summed E-state index contributed by atoms with van der Waals surface area (Å²) in [4.78, 5) is 15.7. The molecule has 3 rings (SSSR count). The van der Waals surface area contributed by atoms with Crippen LogP contribution in [0.2, 0.25) is 0 Å². The first-order chi connectivity index (χ1) is 12.5. The molecule has 0 bridgehead atoms. The van der Waals surface area contributed by atoms with Gasteiger partial charge in [-0.05, 0) is 45.2 Å². The molecule has 2 unspecified atom stereocenters. The summed E-state index contributed by atoms with van der Waals surface area (Å²) < 4.78 is 8.26. The van der Waals surface area contributed by atoms with Gasteiger partial charge in [-0.3, -0.25) is 4.79 Å². The molecule has 5 nitrogen and oxygen atoms in total. The molecule has 1 saturated carbocycles. The highest BCUT2D eigenvalue weighted by molar-refractivity contribution is 5.84. The van der Waals surface area contributed by atoms with Crippen molar-refractivity contribution in [3.8, 4) is 11.5 Å². The molecule has 0 saturated heterocycles. The lowest BCUT2D eigenvalue weighted by Crippen LogP contribution is -2.26. The lowest BCUT2D eigenvalue weighted by molar-refractivity contribution is 0.111. The zero-order chi connectivity index (χ0) is 18.7. The predicted molar refractivity (Wildman–Crippen MR) is 101 cm³/mol. The molecule has 0 aliphatic heterocycles. The van der Waals surface area contributed by atoms with Crippen LogP contribution in [0.25, 0.3) is 0 Å². The molecule has 1 aromatic heterocycles. The summed E-state index contributed by atoms with van der Waals surface area (Å²) in [5.41, 5.74) is 2.19. The Balaban J connectivity index is 1.79. The van der Waals surface area contributed by atoms with Gasteiger partial charge in [0.25, 0.3) is 0 Å². The maximum absolute atomic E-state index is 11.4. The van der Waals surface area contributed by atoms with E-state index in [1.165, 1.54) is 18.5 Å². The van der Waals surface area contributed by atoms with E-state index < -0.39 is 0 Å². The van der Waals surface area contributed by atoms with E-state index in [9.17, 15) is 9.90 Å². The van der Waals surface area contributed by atoms with Crippen LogP contribution in [0.15, 0.2) is 24.7 Å². The number of hydrogen-bond acceptors (Lipinski definition) is 4. The van der Waals surface area contributed by atoms with E-state index in [2.05, 4.69) is 23.4 Å². The summed E-state index contributed by atoms with van der Waals surface area (Å²) in [5.74, 6) is 1.26. The highest BCUT2D eigenvalue weighted by atomic mass is 16.5. The van der Waals surface area contributed by atoms with Crippen molar-refractivity contribution < 1.29 is 14.6 Å². The Hall–Kier alpha value is -2.30. The van der Waals surface area contributed by atoms with E-state index >= 15 is 0 Å². The number of carbonyl (C=O) groups excluding carboxylic acids is 1. The molecule has 26 heavy (non-hydrogen) atoms. The molecule has 1 aliphatic carbocycles. The molecule has 2 aromatic rings. The molecule has 1 aromatic carbocycles. The lowest BCUT2D eigenvalue weighted by atomic mass is 9.78. The largest absolute Gasteiger partial charge is 0.507 e. The van der Waals surface area contributed by atoms with Crippen LogP contribution in [0.1, 0.15) is 73.1 Å². The van der Waals surface area contributed by atoms with Crippen molar-refractivity contribution in [2.45, 2.75) is 58.4 Å². The van der Waals surface area contributed by atoms with E-state index in [1.807, 2.05) is 12.5 Å². The SMILES string of the molecule is Cc1ccc(OCC2CCCCC2c2cncn2C(C)C)c(C=O)c1O. The maximum atomic E-state index is 11.4. The van der Waals surface area contributed by atoms with Crippen molar-refractivity contribution in [1.29, 1.82) is 0 Å². The van der Waals surface area contributed by atoms with E-state index in [-0.39, 0.29) is 11.3 Å². The number of aldehydes is 1. The summed E-state index contributed by atoms with van der Waals surface area (Å²) in [6.45, 7) is 6.66. The van der Waals surface area contributed by atoms with E-state index in [4.69, 9.17) is 4.74 Å². The fraction of sp³-hybridized carbons (Fsp3) is 0.524. The third-order valence-corrected chi connectivity index (χ3v) is 5.49. The van der Waals surface area contributed by atoms with Crippen LogP contribution in [-0.4, -0.2) is 27.6 Å². The number of ether oxygens (including phenoxy) is 1. The Morgan fingerprint density at radius 1 is 1.35 bits per heavy atom. The third-order valence-electron chi connectivity index (χ3n) is 5.49. The molecule has 0 amide bonds. The van der Waals surface area contributed by atoms with Crippen molar-refractivity contribution in [1.82, 2.24) is 9.55 Å². The fourth-order valence-electron chi connectivity index (χ4n) is 3.97. The Morgan fingerprint density at radius 2 is 2.12 bits per heavy atom. The second kappa shape index (κ2) is 7.94. The third kappa shape index (κ3) is 3.62. The summed E-state index contributed by atoms with van der Waals surface area (Å²) in [6, 6.07) is 3.94. The summed E-state index contributed by atoms with van der Waals surface area (Å²) in [6.07, 6.45) is 9.21. The van der Waals surface area contributed by atoms with Crippen molar-refractivity contribution in [2.24, 2.45) is 5.92 Å². The van der Waals surface area contributed by atoms with Crippen LogP contribution in [0.3, 0.4) is 0 Å². The van der Waals surface area contributed by atoms with Crippen LogP contribution in [0, 0.1) is 12.8 Å². The minimum atomic E-state index is 0.00979. The number of benzene rings is 1. The first-order valence-corrected chi connectivity index (χ1v) is 9.45. The molecule has 2 atom stereocenters. The normalized spacial score (nSPS) is 20.3. The minimum absolute atomic E-state index is 0.00979. The number of phenols is 1. The van der Waals surface area contributed by atoms with Crippen molar-refractivity contribution in [3.63, 3.8) is 0 Å². The van der Waals surface area contributed by atoms with E-state index in [0.717, 1.165) is 12.8 Å². The number of nitrogens with zero attached hydrogens (tertiary/aromatic N) is 2. The molecule has 140 valence electrons. The van der Waals surface area contributed by atoms with Crippen molar-refractivity contribution >= 4 is 6.29 Å². The van der Waals surface area contributed by atoms with Crippen LogP contribution >= 0.6 is 0 Å². The van der Waals surface area contributed by atoms with Gasteiger partial charge in [0.15, 0.2) is 6.29 Å². The summed E-state index contributed by atoms with van der Waals surface area (Å²) in [5, 5.41) is 10.1. The Morgan fingerprint density at radius 3 is 2.85 bits per heavy atom. The van der Waals surface area contributed by atoms with Gasteiger partial charge in [0.2, 0.25) is 0 Å². The van der Waals surface area contributed by atoms with E-state index in [0.29, 0.717) is 42.1 Å². The monoisotopic (exact) mass is 356 g/mol. The maximum Gasteiger partial charge on any atom is 0.157 e. The van der Waals surface area contributed by atoms with Crippen LogP contribution in [0.5, 0.6) is 11.5 Å². The zero-order valence-corrected chi connectivity index (χ0v) is 15.8. The zero-order valence-electron chi connectivity index (χ0n) is 15.8. The molecule has 1 aliphatic rings. The van der Waals surface area contributed by atoms with Gasteiger partial charge in [-0.15, -0.1) is 0 Å². The number of aryl methyl sites for hydroxylation is 1. The van der Waals surface area contributed by atoms with Gasteiger partial charge in [0, 0.05) is 29.8 Å². The number of hydrogen-bond donors (Lipinski definition) is 1. The Bertz CT molecular complexity index is 767. The fourth-order valence-corrected chi connectivity index (χ4v) is 3.97. The first kappa shape index (κ1) is 18.5. The second-order valence-corrected chi connectivity index (χ2v) is 7.54. The predicted octanol–water partition coefficient (Wildman–Crippen LogP) is 4.64. The second-order valence-electron chi connectivity index (χ2n) is 7.54. The number of carbonyl (C=O) groups is 1. The van der Waals surface area contributed by atoms with Gasteiger partial charge in [-0.1, -0.05) is 18.9 Å². The van der Waals surface area contributed by atoms with Gasteiger partial charge in [0.05, 0.1) is 18.5 Å². The topological polar surface area (TPSA) is 64.4 Å². The van der Waals surface area contributed by atoms with E-state index in [1.54, 1.807) is 19.1 Å². The highest BCUT2D eigenvalue weighted by Crippen LogP contribution is 2.39. The number of aromatic nitrogens is 2. The van der Waals surface area contributed by atoms with Gasteiger partial charge in [-0.2, -0.15) is 0 Å². The molecule has 0 spiro atoms. The molecule has 1 fully saturated rings. The molecule has 1 heterocycles. The number of rotatable bonds is 6. The average molecular weight is 356 g/mol. The van der Waals surface area contributed by atoms with Crippen molar-refractivity contribution in [2.75, 3.05) is 6.61 Å². The minimum Gasteiger partial charge on any atom is -0.507 e. The molecule has 1 N–H and O–H groups in total. The average Bonchev–Trinajstić information content (AvgIpc) is 3.13. The van der Waals surface area contributed by atoms with Crippen LogP contribution in [-0.2, 0) is 0 Å². The molecular formula is C21H28N2O3. The standard InChI is InChI=1S/C21H28N2O3/c1-14(2)23-13-22-10-19(23)17-7-5-4-6-16(17)12-26-20-9-8-15(3)21(25)18(20)11-24/h8-11,13-14,16-17,25H,4-7,12H2,1-3H3. The first-order valence-electron chi connectivity index (χ1n) is 9.45. The lowest BCUT2D eigenvalue weighted by Gasteiger charge is -2.32.